The molecule has 1 fully saturated rings. The number of hydrogen-bond acceptors (Lipinski definition) is 1. The highest BCUT2D eigenvalue weighted by Crippen LogP contribution is 2.58. The molecule has 1 aromatic carbocycles. The molecule has 0 bridgehead atoms. The zero-order valence-electron chi connectivity index (χ0n) is 8.52. The van der Waals surface area contributed by atoms with Crippen LogP contribution in [0, 0.1) is 11.8 Å². The summed E-state index contributed by atoms with van der Waals surface area (Å²) in [6.45, 7) is 0. The van der Waals surface area contributed by atoms with E-state index in [-0.39, 0.29) is 5.92 Å². The average molecular weight is 202 g/mol. The topological polar surface area (TPSA) is 37.3 Å². The second-order valence-corrected chi connectivity index (χ2v) is 4.64. The minimum Gasteiger partial charge on any atom is -0.481 e. The molecule has 2 heteroatoms. The van der Waals surface area contributed by atoms with Gasteiger partial charge in [0.15, 0.2) is 0 Å². The molecule has 2 nitrogen and oxygen atoms in total. The van der Waals surface area contributed by atoms with Gasteiger partial charge in [-0.05, 0) is 36.3 Å². The number of fused-ring (bicyclic) bond motifs is 3. The molecule has 0 aromatic heterocycles. The zero-order valence-corrected chi connectivity index (χ0v) is 8.52. The first-order valence-corrected chi connectivity index (χ1v) is 5.59. The van der Waals surface area contributed by atoms with Crippen LogP contribution in [-0.4, -0.2) is 11.1 Å². The lowest BCUT2D eigenvalue weighted by molar-refractivity contribution is -0.139. The molecule has 0 spiro atoms. The van der Waals surface area contributed by atoms with Gasteiger partial charge >= 0.3 is 5.97 Å². The van der Waals surface area contributed by atoms with Crippen molar-refractivity contribution in [3.05, 3.63) is 35.4 Å². The fourth-order valence-electron chi connectivity index (χ4n) is 3.11. The minimum atomic E-state index is -0.610. The molecule has 3 atom stereocenters. The lowest BCUT2D eigenvalue weighted by Crippen LogP contribution is -2.03. The van der Waals surface area contributed by atoms with Crippen LogP contribution in [0.3, 0.4) is 0 Å². The maximum Gasteiger partial charge on any atom is 0.307 e. The van der Waals surface area contributed by atoms with Crippen molar-refractivity contribution in [1.29, 1.82) is 0 Å². The Morgan fingerprint density at radius 2 is 2.13 bits per heavy atom. The van der Waals surface area contributed by atoms with Gasteiger partial charge in [0.2, 0.25) is 0 Å². The summed E-state index contributed by atoms with van der Waals surface area (Å²) < 4.78 is 0. The third-order valence-electron chi connectivity index (χ3n) is 3.85. The van der Waals surface area contributed by atoms with Crippen LogP contribution in [0.1, 0.15) is 29.9 Å². The average Bonchev–Trinajstić information content (AvgIpc) is 2.92. The maximum atomic E-state index is 11.1. The number of hydrogen-bond donors (Lipinski definition) is 1. The Labute approximate surface area is 88.9 Å². The van der Waals surface area contributed by atoms with Gasteiger partial charge in [0.25, 0.3) is 0 Å². The second kappa shape index (κ2) is 3.09. The Bertz CT molecular complexity index is 411. The molecule has 3 rings (SSSR count). The number of carboxylic acids is 1. The molecular weight excluding hydrogens is 188 g/mol. The van der Waals surface area contributed by atoms with Gasteiger partial charge in [0.05, 0.1) is 5.92 Å². The second-order valence-electron chi connectivity index (χ2n) is 4.64. The summed E-state index contributed by atoms with van der Waals surface area (Å²) in [6, 6.07) is 8.34. The molecule has 2 aliphatic carbocycles. The molecule has 1 aromatic rings. The first-order valence-electron chi connectivity index (χ1n) is 5.59. The molecular formula is C13H14O2. The Hall–Kier alpha value is -1.31. The fraction of sp³-hybridized carbons (Fsp3) is 0.462. The van der Waals surface area contributed by atoms with E-state index in [1.165, 1.54) is 11.1 Å². The maximum absolute atomic E-state index is 11.1. The Morgan fingerprint density at radius 3 is 2.93 bits per heavy atom. The third kappa shape index (κ3) is 1.28. The van der Waals surface area contributed by atoms with E-state index in [4.69, 9.17) is 5.11 Å². The summed E-state index contributed by atoms with van der Waals surface area (Å²) in [6.07, 6.45) is 3.34. The van der Waals surface area contributed by atoms with Crippen LogP contribution >= 0.6 is 0 Å². The van der Waals surface area contributed by atoms with Crippen LogP contribution in [0.15, 0.2) is 24.3 Å². The third-order valence-corrected chi connectivity index (χ3v) is 3.85. The molecule has 0 saturated heterocycles. The van der Waals surface area contributed by atoms with Crippen LogP contribution < -0.4 is 0 Å². The van der Waals surface area contributed by atoms with Crippen molar-refractivity contribution in [2.75, 3.05) is 0 Å². The molecule has 15 heavy (non-hydrogen) atoms. The van der Waals surface area contributed by atoms with Crippen LogP contribution in [0.4, 0.5) is 0 Å². The summed E-state index contributed by atoms with van der Waals surface area (Å²) in [5.74, 6) is 0.000466. The lowest BCUT2D eigenvalue weighted by Gasteiger charge is -2.06. The van der Waals surface area contributed by atoms with E-state index in [2.05, 4.69) is 18.2 Å². The first-order chi connectivity index (χ1) is 7.29. The smallest absolute Gasteiger partial charge is 0.307 e. The van der Waals surface area contributed by atoms with E-state index >= 15 is 0 Å². The van der Waals surface area contributed by atoms with E-state index in [9.17, 15) is 4.79 Å². The van der Waals surface area contributed by atoms with Crippen molar-refractivity contribution in [2.45, 2.75) is 25.2 Å². The summed E-state index contributed by atoms with van der Waals surface area (Å²) in [7, 11) is 0. The van der Waals surface area contributed by atoms with E-state index < -0.39 is 5.97 Å². The van der Waals surface area contributed by atoms with Gasteiger partial charge in [-0.2, -0.15) is 0 Å². The molecule has 0 heterocycles. The predicted octanol–water partition coefficient (Wildman–Crippen LogP) is 2.44. The van der Waals surface area contributed by atoms with Gasteiger partial charge in [0, 0.05) is 5.92 Å². The number of carboxylic acid groups (broad SMARTS) is 1. The Kier molecular flexibility index (Phi) is 1.84. The van der Waals surface area contributed by atoms with Gasteiger partial charge in [-0.1, -0.05) is 24.3 Å². The van der Waals surface area contributed by atoms with E-state index in [1.807, 2.05) is 6.07 Å². The molecule has 0 aliphatic heterocycles. The highest BCUT2D eigenvalue weighted by atomic mass is 16.4. The zero-order chi connectivity index (χ0) is 10.4. The molecule has 78 valence electrons. The van der Waals surface area contributed by atoms with Crippen molar-refractivity contribution >= 4 is 5.97 Å². The van der Waals surface area contributed by atoms with Crippen molar-refractivity contribution in [1.82, 2.24) is 0 Å². The first kappa shape index (κ1) is 8.96. The molecule has 0 amide bonds. The van der Waals surface area contributed by atoms with Crippen molar-refractivity contribution in [2.24, 2.45) is 11.8 Å². The van der Waals surface area contributed by atoms with Crippen LogP contribution in [0.5, 0.6) is 0 Å². The normalized spacial score (nSPS) is 32.4. The predicted molar refractivity (Wildman–Crippen MR) is 56.7 cm³/mol. The summed E-state index contributed by atoms with van der Waals surface area (Å²) in [5.41, 5.74) is 2.67. The fourth-order valence-corrected chi connectivity index (χ4v) is 3.11. The van der Waals surface area contributed by atoms with Crippen LogP contribution in [0.25, 0.3) is 0 Å². The molecule has 1 N–H and O–H groups in total. The van der Waals surface area contributed by atoms with Crippen LogP contribution in [-0.2, 0) is 11.2 Å². The van der Waals surface area contributed by atoms with Crippen LogP contribution in [0.2, 0.25) is 0 Å². The van der Waals surface area contributed by atoms with Gasteiger partial charge < -0.3 is 5.11 Å². The number of benzene rings is 1. The highest BCUT2D eigenvalue weighted by molar-refractivity contribution is 5.76. The van der Waals surface area contributed by atoms with Crippen molar-refractivity contribution < 1.29 is 9.90 Å². The molecule has 2 aliphatic rings. The number of aliphatic carboxylic acids is 1. The van der Waals surface area contributed by atoms with Gasteiger partial charge in [-0.25, -0.2) is 0 Å². The summed E-state index contributed by atoms with van der Waals surface area (Å²) >= 11 is 0. The van der Waals surface area contributed by atoms with Crippen molar-refractivity contribution in [3.8, 4) is 0 Å². The number of aryl methyl sites for hydroxylation is 1. The Balaban J connectivity index is 2.00. The lowest BCUT2D eigenvalue weighted by atomic mass is 10.00. The monoisotopic (exact) mass is 202 g/mol. The highest BCUT2D eigenvalue weighted by Gasteiger charge is 2.56. The number of carbonyl (C=O) groups is 1. The van der Waals surface area contributed by atoms with E-state index in [0.29, 0.717) is 11.8 Å². The van der Waals surface area contributed by atoms with Gasteiger partial charge in [0.1, 0.15) is 0 Å². The molecule has 0 radical (unpaired) electrons. The van der Waals surface area contributed by atoms with Crippen molar-refractivity contribution in [3.63, 3.8) is 0 Å². The number of rotatable bonds is 1. The minimum absolute atomic E-state index is 0.105. The Morgan fingerprint density at radius 1 is 1.33 bits per heavy atom. The molecule has 3 unspecified atom stereocenters. The van der Waals surface area contributed by atoms with E-state index in [0.717, 1.165) is 19.3 Å². The largest absolute Gasteiger partial charge is 0.481 e. The van der Waals surface area contributed by atoms with Gasteiger partial charge in [-0.3, -0.25) is 4.79 Å². The molecule has 1 saturated carbocycles. The van der Waals surface area contributed by atoms with Gasteiger partial charge in [-0.15, -0.1) is 0 Å². The summed E-state index contributed by atoms with van der Waals surface area (Å²) in [5, 5.41) is 9.10. The standard InChI is InChI=1S/C13H14O2/c14-13(15)12-10-7-3-5-8-4-1-2-6-9(8)11(10)12/h1-2,4,6,10-12H,3,5,7H2,(H,14,15). The summed E-state index contributed by atoms with van der Waals surface area (Å²) in [4.78, 5) is 11.1. The SMILES string of the molecule is O=C(O)C1C2CCCc3ccccc3C21. The quantitative estimate of drug-likeness (QED) is 0.759. The van der Waals surface area contributed by atoms with E-state index in [1.54, 1.807) is 0 Å².